The number of hydrogen-bond acceptors (Lipinski definition) is 3. The first-order valence-electron chi connectivity index (χ1n) is 5.29. The van der Waals surface area contributed by atoms with Crippen molar-refractivity contribution in [2.75, 3.05) is 13.7 Å². The molecule has 0 heterocycles. The van der Waals surface area contributed by atoms with Gasteiger partial charge in [0.25, 0.3) is 0 Å². The van der Waals surface area contributed by atoms with Crippen molar-refractivity contribution >= 4 is 12.0 Å². The van der Waals surface area contributed by atoms with E-state index in [1.807, 2.05) is 0 Å². The zero-order valence-electron chi connectivity index (χ0n) is 10.3. The number of hydrogen-bond donors (Lipinski definition) is 1. The lowest BCUT2D eigenvalue weighted by atomic mass is 10.1. The first-order chi connectivity index (χ1) is 8.67. The summed E-state index contributed by atoms with van der Waals surface area (Å²) in [5.41, 5.74) is 0.663. The fraction of sp³-hybridized carbons (Fsp3) is 0.214. The van der Waals surface area contributed by atoms with Crippen LogP contribution in [0.2, 0.25) is 0 Å². The minimum absolute atomic E-state index is 0.248. The Kier molecular flexibility index (Phi) is 5.33. The van der Waals surface area contributed by atoms with E-state index in [2.05, 4.69) is 11.8 Å². The lowest BCUT2D eigenvalue weighted by Crippen LogP contribution is -1.97. The highest BCUT2D eigenvalue weighted by atomic mass is 16.5. The second-order valence-corrected chi connectivity index (χ2v) is 3.29. The normalized spacial score (nSPS) is 9.67. The van der Waals surface area contributed by atoms with Crippen molar-refractivity contribution in [1.29, 1.82) is 0 Å². The molecule has 0 aliphatic heterocycles. The topological polar surface area (TPSA) is 55.8 Å². The van der Waals surface area contributed by atoms with Gasteiger partial charge >= 0.3 is 5.97 Å². The van der Waals surface area contributed by atoms with Crippen molar-refractivity contribution in [2.24, 2.45) is 0 Å². The number of carbonyl (C=O) groups is 1. The van der Waals surface area contributed by atoms with Crippen molar-refractivity contribution in [3.63, 3.8) is 0 Å². The smallest absolute Gasteiger partial charge is 0.328 e. The Bertz CT molecular complexity index is 506. The first-order valence-corrected chi connectivity index (χ1v) is 5.29. The summed E-state index contributed by atoms with van der Waals surface area (Å²) in [6.45, 7) is 1.97. The van der Waals surface area contributed by atoms with E-state index in [4.69, 9.17) is 14.6 Å². The molecule has 0 aliphatic carbocycles. The molecule has 0 atom stereocenters. The second kappa shape index (κ2) is 7.02. The van der Waals surface area contributed by atoms with Crippen LogP contribution in [0.4, 0.5) is 0 Å². The zero-order chi connectivity index (χ0) is 13.4. The summed E-state index contributed by atoms with van der Waals surface area (Å²) in [5, 5.41) is 8.61. The van der Waals surface area contributed by atoms with Crippen LogP contribution in [-0.4, -0.2) is 24.8 Å². The van der Waals surface area contributed by atoms with Crippen LogP contribution in [0.25, 0.3) is 6.08 Å². The molecule has 0 aromatic heterocycles. The molecule has 4 nitrogen and oxygen atoms in total. The summed E-state index contributed by atoms with van der Waals surface area (Å²) >= 11 is 0. The average molecular weight is 246 g/mol. The Hall–Kier alpha value is -2.41. The number of methoxy groups -OCH3 is 1. The molecule has 0 unspecified atom stereocenters. The van der Waals surface area contributed by atoms with E-state index in [0.717, 1.165) is 6.08 Å². The standard InChI is InChI=1S/C14H14O4/c1-3-4-9-18-13-10-12(17-2)7-5-11(13)6-8-14(15)16/h5-8,10H,9H2,1-2H3,(H,15,16). The quantitative estimate of drug-likeness (QED) is 0.639. The highest BCUT2D eigenvalue weighted by molar-refractivity contribution is 5.86. The molecule has 0 aliphatic rings. The third kappa shape index (κ3) is 4.22. The Morgan fingerprint density at radius 1 is 1.50 bits per heavy atom. The molecule has 0 saturated heterocycles. The summed E-state index contributed by atoms with van der Waals surface area (Å²) in [7, 11) is 1.55. The first kappa shape index (κ1) is 13.7. The third-order valence-electron chi connectivity index (χ3n) is 2.10. The van der Waals surface area contributed by atoms with E-state index in [1.165, 1.54) is 6.08 Å². The van der Waals surface area contributed by atoms with Crippen LogP contribution in [-0.2, 0) is 4.79 Å². The number of aliphatic carboxylic acids is 1. The molecule has 0 amide bonds. The largest absolute Gasteiger partial charge is 0.497 e. The van der Waals surface area contributed by atoms with E-state index < -0.39 is 5.97 Å². The minimum atomic E-state index is -1.01. The van der Waals surface area contributed by atoms with Crippen molar-refractivity contribution in [3.05, 3.63) is 29.8 Å². The maximum Gasteiger partial charge on any atom is 0.328 e. The number of rotatable bonds is 5. The maximum absolute atomic E-state index is 10.5. The van der Waals surface area contributed by atoms with Crippen molar-refractivity contribution in [1.82, 2.24) is 0 Å². The Morgan fingerprint density at radius 2 is 2.28 bits per heavy atom. The number of benzene rings is 1. The average Bonchev–Trinajstić information content (AvgIpc) is 2.37. The Labute approximate surface area is 106 Å². The van der Waals surface area contributed by atoms with Crippen LogP contribution in [0.3, 0.4) is 0 Å². The van der Waals surface area contributed by atoms with Crippen molar-refractivity contribution in [3.8, 4) is 23.3 Å². The summed E-state index contributed by atoms with van der Waals surface area (Å²) in [6, 6.07) is 5.16. The SMILES string of the molecule is CC#CCOc1cc(OC)ccc1C=CC(=O)O. The highest BCUT2D eigenvalue weighted by Crippen LogP contribution is 2.25. The summed E-state index contributed by atoms with van der Waals surface area (Å²) in [6.07, 6.45) is 2.52. The molecule has 1 N–H and O–H groups in total. The second-order valence-electron chi connectivity index (χ2n) is 3.29. The Balaban J connectivity index is 2.98. The summed E-state index contributed by atoms with van der Waals surface area (Å²) in [5.74, 6) is 5.66. The fourth-order valence-electron chi connectivity index (χ4n) is 1.25. The van der Waals surface area contributed by atoms with Gasteiger partial charge in [0.15, 0.2) is 0 Å². The van der Waals surface area contributed by atoms with Crippen LogP contribution in [0.1, 0.15) is 12.5 Å². The van der Waals surface area contributed by atoms with Gasteiger partial charge in [-0.1, -0.05) is 5.92 Å². The predicted octanol–water partition coefficient (Wildman–Crippen LogP) is 2.20. The summed E-state index contributed by atoms with van der Waals surface area (Å²) < 4.78 is 10.5. The van der Waals surface area contributed by atoms with Crippen LogP contribution in [0, 0.1) is 11.8 Å². The minimum Gasteiger partial charge on any atom is -0.497 e. The van der Waals surface area contributed by atoms with Gasteiger partial charge in [-0.15, -0.1) is 5.92 Å². The van der Waals surface area contributed by atoms with E-state index in [1.54, 1.807) is 32.2 Å². The van der Waals surface area contributed by atoms with Gasteiger partial charge in [0.1, 0.15) is 18.1 Å². The van der Waals surface area contributed by atoms with Crippen molar-refractivity contribution < 1.29 is 19.4 Å². The predicted molar refractivity (Wildman–Crippen MR) is 68.6 cm³/mol. The van der Waals surface area contributed by atoms with Gasteiger partial charge in [-0.2, -0.15) is 0 Å². The lowest BCUT2D eigenvalue weighted by Gasteiger charge is -2.08. The van der Waals surface area contributed by atoms with Gasteiger partial charge in [0.2, 0.25) is 0 Å². The molecular formula is C14H14O4. The molecule has 1 aromatic rings. The molecule has 1 rings (SSSR count). The highest BCUT2D eigenvalue weighted by Gasteiger charge is 2.03. The molecule has 94 valence electrons. The van der Waals surface area contributed by atoms with Gasteiger partial charge in [-0.25, -0.2) is 4.79 Å². The number of ether oxygens (including phenoxy) is 2. The monoisotopic (exact) mass is 246 g/mol. The van der Waals surface area contributed by atoms with Gasteiger partial charge in [-0.3, -0.25) is 0 Å². The molecule has 18 heavy (non-hydrogen) atoms. The van der Waals surface area contributed by atoms with Crippen LogP contribution in [0.5, 0.6) is 11.5 Å². The molecule has 0 radical (unpaired) electrons. The zero-order valence-corrected chi connectivity index (χ0v) is 10.3. The van der Waals surface area contributed by atoms with Crippen LogP contribution >= 0.6 is 0 Å². The number of carboxylic acid groups (broad SMARTS) is 1. The summed E-state index contributed by atoms with van der Waals surface area (Å²) in [4.78, 5) is 10.5. The fourth-order valence-corrected chi connectivity index (χ4v) is 1.25. The molecule has 0 bridgehead atoms. The third-order valence-corrected chi connectivity index (χ3v) is 2.10. The lowest BCUT2D eigenvalue weighted by molar-refractivity contribution is -0.131. The maximum atomic E-state index is 10.5. The molecule has 0 spiro atoms. The molecule has 0 saturated carbocycles. The molecular weight excluding hydrogens is 232 g/mol. The number of carboxylic acids is 1. The van der Waals surface area contributed by atoms with Crippen LogP contribution in [0.15, 0.2) is 24.3 Å². The van der Waals surface area contributed by atoms with Gasteiger partial charge in [0, 0.05) is 17.7 Å². The molecule has 4 heteroatoms. The van der Waals surface area contributed by atoms with E-state index in [-0.39, 0.29) is 6.61 Å². The van der Waals surface area contributed by atoms with E-state index in [9.17, 15) is 4.79 Å². The van der Waals surface area contributed by atoms with E-state index in [0.29, 0.717) is 17.1 Å². The van der Waals surface area contributed by atoms with Gasteiger partial charge < -0.3 is 14.6 Å². The van der Waals surface area contributed by atoms with Gasteiger partial charge in [-0.05, 0) is 25.1 Å². The Morgan fingerprint density at radius 3 is 2.89 bits per heavy atom. The van der Waals surface area contributed by atoms with Crippen LogP contribution < -0.4 is 9.47 Å². The van der Waals surface area contributed by atoms with Crippen molar-refractivity contribution in [2.45, 2.75) is 6.92 Å². The molecule has 0 fully saturated rings. The molecule has 1 aromatic carbocycles. The van der Waals surface area contributed by atoms with Gasteiger partial charge in [0.05, 0.1) is 7.11 Å². The van der Waals surface area contributed by atoms with E-state index >= 15 is 0 Å².